The lowest BCUT2D eigenvalue weighted by atomic mass is 9.85. The van der Waals surface area contributed by atoms with Crippen LogP contribution in [0.3, 0.4) is 0 Å². The van der Waals surface area contributed by atoms with E-state index in [0.29, 0.717) is 42.5 Å². The lowest BCUT2D eigenvalue weighted by molar-refractivity contribution is 0.134. The summed E-state index contributed by atoms with van der Waals surface area (Å²) < 4.78 is 57.3. The third-order valence-electron chi connectivity index (χ3n) is 8.63. The largest absolute Gasteiger partial charge is 0.463 e. The predicted molar refractivity (Wildman–Crippen MR) is 168 cm³/mol. The first-order chi connectivity index (χ1) is 21.0. The molecule has 0 spiro atoms. The van der Waals surface area contributed by atoms with Crippen molar-refractivity contribution >= 4 is 38.6 Å². The number of hydrogen-bond donors (Lipinski definition) is 1. The quantitative estimate of drug-likeness (QED) is 0.220. The van der Waals surface area contributed by atoms with Gasteiger partial charge in [-0.3, -0.25) is 0 Å². The predicted octanol–water partition coefficient (Wildman–Crippen LogP) is 7.72. The highest BCUT2D eigenvalue weighted by Crippen LogP contribution is 2.48. The molecule has 234 valence electrons. The van der Waals surface area contributed by atoms with Gasteiger partial charge in [0.2, 0.25) is 0 Å². The van der Waals surface area contributed by atoms with Crippen LogP contribution in [0.25, 0.3) is 22.3 Å². The number of nitriles is 1. The molecule has 1 aliphatic heterocycles. The lowest BCUT2D eigenvalue weighted by Gasteiger charge is -2.24. The molecule has 5 rings (SSSR count). The Morgan fingerprint density at radius 1 is 1.32 bits per heavy atom. The monoisotopic (exact) mass is 625 g/mol. The maximum atomic E-state index is 16.9. The van der Waals surface area contributed by atoms with Crippen molar-refractivity contribution in [2.45, 2.75) is 72.8 Å². The third-order valence-corrected chi connectivity index (χ3v) is 9.66. The highest BCUT2D eigenvalue weighted by atomic mass is 32.1. The normalized spacial score (nSPS) is 17.0. The van der Waals surface area contributed by atoms with E-state index < -0.39 is 17.8 Å². The first-order valence-corrected chi connectivity index (χ1v) is 15.7. The molecule has 1 unspecified atom stereocenters. The van der Waals surface area contributed by atoms with Crippen LogP contribution in [0.15, 0.2) is 17.8 Å². The summed E-state index contributed by atoms with van der Waals surface area (Å²) in [5, 5.41) is 10.8. The number of fused-ring (bicyclic) bond motifs is 3. The van der Waals surface area contributed by atoms with Crippen molar-refractivity contribution in [1.82, 2.24) is 14.9 Å². The minimum atomic E-state index is -0.852. The molecule has 0 amide bonds. The second-order valence-corrected chi connectivity index (χ2v) is 13.0. The number of nitrogens with zero attached hydrogens (tertiary/aromatic N) is 4. The number of benzene rings is 1. The van der Waals surface area contributed by atoms with Gasteiger partial charge in [-0.2, -0.15) is 10.2 Å². The first-order valence-electron chi connectivity index (χ1n) is 14.9. The van der Waals surface area contributed by atoms with Crippen molar-refractivity contribution in [3.05, 3.63) is 56.4 Å². The molecule has 44 heavy (non-hydrogen) atoms. The molecule has 2 N–H and O–H groups in total. The van der Waals surface area contributed by atoms with Gasteiger partial charge in [0, 0.05) is 41.2 Å². The van der Waals surface area contributed by atoms with E-state index >= 15 is 8.78 Å². The molecule has 2 aliphatic rings. The Morgan fingerprint density at radius 3 is 2.68 bits per heavy atom. The van der Waals surface area contributed by atoms with Gasteiger partial charge in [-0.05, 0) is 70.2 Å². The molecule has 3 heterocycles. The van der Waals surface area contributed by atoms with E-state index in [1.165, 1.54) is 6.08 Å². The third kappa shape index (κ3) is 6.08. The maximum Gasteiger partial charge on any atom is 0.317 e. The summed E-state index contributed by atoms with van der Waals surface area (Å²) in [5.41, 5.74) is 9.40. The van der Waals surface area contributed by atoms with Crippen LogP contribution in [-0.2, 0) is 18.0 Å². The van der Waals surface area contributed by atoms with Crippen molar-refractivity contribution in [2.75, 3.05) is 32.5 Å². The summed E-state index contributed by atoms with van der Waals surface area (Å²) in [5.74, 6) is -1.15. The van der Waals surface area contributed by atoms with Gasteiger partial charge in [-0.25, -0.2) is 18.2 Å². The van der Waals surface area contributed by atoms with Gasteiger partial charge >= 0.3 is 6.01 Å². The van der Waals surface area contributed by atoms with Gasteiger partial charge in [0.25, 0.3) is 0 Å². The van der Waals surface area contributed by atoms with Crippen molar-refractivity contribution in [3.8, 4) is 12.1 Å². The number of anilines is 1. The van der Waals surface area contributed by atoms with Gasteiger partial charge in [0.1, 0.15) is 22.4 Å². The van der Waals surface area contributed by atoms with E-state index in [2.05, 4.69) is 20.9 Å². The Balaban J connectivity index is 1.58. The topological polar surface area (TPSA) is 97.3 Å². The zero-order valence-electron chi connectivity index (χ0n) is 25.8. The van der Waals surface area contributed by atoms with Crippen LogP contribution in [0.2, 0.25) is 0 Å². The van der Waals surface area contributed by atoms with Crippen LogP contribution in [0, 0.1) is 22.6 Å². The molecule has 0 saturated heterocycles. The van der Waals surface area contributed by atoms with Crippen LogP contribution < -0.4 is 10.5 Å². The Bertz CT molecular complexity index is 1690. The number of halogens is 3. The minimum Gasteiger partial charge on any atom is -0.463 e. The Hall–Kier alpha value is -3.46. The summed E-state index contributed by atoms with van der Waals surface area (Å²) in [6.07, 6.45) is 4.97. The second kappa shape index (κ2) is 12.9. The molecule has 3 aromatic rings. The summed E-state index contributed by atoms with van der Waals surface area (Å²) >= 11 is 0.974. The molecular weight excluding hydrogens is 587 g/mol. The fourth-order valence-corrected chi connectivity index (χ4v) is 6.84. The molecule has 1 fully saturated rings. The van der Waals surface area contributed by atoms with E-state index in [0.717, 1.165) is 41.9 Å². The number of alkyl halides is 1. The number of allylic oxidation sites excluding steroid dienone is 2. The lowest BCUT2D eigenvalue weighted by Crippen LogP contribution is -2.32. The maximum absolute atomic E-state index is 16.9. The van der Waals surface area contributed by atoms with Crippen LogP contribution in [0.4, 0.5) is 18.2 Å². The fraction of sp³-hybridized carbons (Fsp3) is 0.485. The van der Waals surface area contributed by atoms with Crippen LogP contribution in [-0.4, -0.2) is 47.8 Å². The number of ether oxygens (including phenoxy) is 2. The Morgan fingerprint density at radius 2 is 2.05 bits per heavy atom. The molecule has 0 radical (unpaired) electrons. The number of nitrogen functional groups attached to an aromatic ring is 1. The Labute approximate surface area is 260 Å². The van der Waals surface area contributed by atoms with Crippen molar-refractivity contribution in [3.63, 3.8) is 0 Å². The van der Waals surface area contributed by atoms with Gasteiger partial charge in [-0.1, -0.05) is 18.6 Å². The van der Waals surface area contributed by atoms with E-state index in [-0.39, 0.29) is 56.7 Å². The highest BCUT2D eigenvalue weighted by Gasteiger charge is 2.44. The van der Waals surface area contributed by atoms with Gasteiger partial charge < -0.3 is 20.1 Å². The molecule has 7 nitrogen and oxygen atoms in total. The van der Waals surface area contributed by atoms with Crippen molar-refractivity contribution < 1.29 is 22.6 Å². The van der Waals surface area contributed by atoms with Crippen LogP contribution >= 0.6 is 11.3 Å². The summed E-state index contributed by atoms with van der Waals surface area (Å²) in [6, 6.07) is 2.18. The smallest absolute Gasteiger partial charge is 0.317 e. The number of rotatable bonds is 12. The molecule has 11 heteroatoms. The van der Waals surface area contributed by atoms with E-state index in [9.17, 15) is 9.65 Å². The average molecular weight is 626 g/mol. The Kier molecular flexibility index (Phi) is 9.35. The van der Waals surface area contributed by atoms with E-state index in [4.69, 9.17) is 15.2 Å². The number of thiophene rings is 1. The molecule has 0 bridgehead atoms. The van der Waals surface area contributed by atoms with Gasteiger partial charge in [0.15, 0.2) is 5.82 Å². The van der Waals surface area contributed by atoms with Crippen molar-refractivity contribution in [1.29, 1.82) is 5.26 Å². The molecule has 2 aromatic heterocycles. The molecular formula is C33H38F3N5O2S. The fourth-order valence-electron chi connectivity index (χ4n) is 5.85. The van der Waals surface area contributed by atoms with E-state index in [1.807, 2.05) is 20.9 Å². The zero-order chi connectivity index (χ0) is 31.8. The standard InChI is InChI=1S/C33H38F3N5O2S/c1-6-18(3)25(27-20(12-37)31(38)44-30(27)24(35)7-2)26-23-15-42-14-22(23)21-13-39-32(40-29(21)28(26)36)43-17-33(9-10-33)16-41(5)11-8-19(4)34/h7,13,19H,6,8-11,14-17,38H2,1-5H3/b24-7+,25-18+. The second-order valence-electron chi connectivity index (χ2n) is 12.0. The first kappa shape index (κ1) is 31.9. The van der Waals surface area contributed by atoms with E-state index in [1.54, 1.807) is 20.0 Å². The average Bonchev–Trinajstić information content (AvgIpc) is 3.44. The molecule has 1 aliphatic carbocycles. The molecule has 1 atom stereocenters. The summed E-state index contributed by atoms with van der Waals surface area (Å²) in [4.78, 5) is 11.3. The molecule has 1 aromatic carbocycles. The van der Waals surface area contributed by atoms with Crippen LogP contribution in [0.1, 0.15) is 86.1 Å². The van der Waals surface area contributed by atoms with Crippen LogP contribution in [0.5, 0.6) is 6.01 Å². The van der Waals surface area contributed by atoms with Gasteiger partial charge in [0.05, 0.1) is 36.4 Å². The van der Waals surface area contributed by atoms with Gasteiger partial charge in [-0.15, -0.1) is 11.3 Å². The zero-order valence-corrected chi connectivity index (χ0v) is 26.6. The number of hydrogen-bond acceptors (Lipinski definition) is 8. The molecule has 1 saturated carbocycles. The number of nitrogens with two attached hydrogens (primary N) is 1. The summed E-state index contributed by atoms with van der Waals surface area (Å²) in [7, 11) is 1.98. The highest BCUT2D eigenvalue weighted by molar-refractivity contribution is 7.17. The minimum absolute atomic E-state index is 0.0587. The summed E-state index contributed by atoms with van der Waals surface area (Å²) in [6.45, 7) is 9.07. The number of aromatic nitrogens is 2. The SMILES string of the molecule is C/C=C(/F)c1sc(N)c(C#N)c1/C(=C(\C)CC)c1c2c(c3cnc(OCC4(CN(C)CCC(C)F)CC4)nc3c1F)COC2. The van der Waals surface area contributed by atoms with Crippen molar-refractivity contribution in [2.24, 2.45) is 5.41 Å².